The van der Waals surface area contributed by atoms with Crippen LogP contribution in [0.4, 0.5) is 0 Å². The van der Waals surface area contributed by atoms with Gasteiger partial charge in [-0.2, -0.15) is 16.9 Å². The van der Waals surface area contributed by atoms with Crippen molar-refractivity contribution in [2.45, 2.75) is 31.7 Å². The molecule has 1 aromatic rings. The van der Waals surface area contributed by atoms with Gasteiger partial charge in [-0.25, -0.2) is 13.1 Å². The van der Waals surface area contributed by atoms with E-state index in [4.69, 9.17) is 0 Å². The molecule has 8 heteroatoms. The van der Waals surface area contributed by atoms with Crippen LogP contribution in [0.5, 0.6) is 0 Å². The molecule has 0 radical (unpaired) electrons. The van der Waals surface area contributed by atoms with Gasteiger partial charge in [-0.15, -0.1) is 0 Å². The molecule has 0 saturated carbocycles. The van der Waals surface area contributed by atoms with Gasteiger partial charge in [0.2, 0.25) is 10.0 Å². The quantitative estimate of drug-likeness (QED) is 0.657. The molecular weight excluding hydrogens is 296 g/mol. The molecule has 0 bridgehead atoms. The lowest BCUT2D eigenvalue weighted by Gasteiger charge is -2.07. The second kappa shape index (κ2) is 8.02. The Hall–Kier alpha value is -0.570. The van der Waals surface area contributed by atoms with Gasteiger partial charge in [0.1, 0.15) is 4.90 Å². The van der Waals surface area contributed by atoms with E-state index >= 15 is 0 Å². The van der Waals surface area contributed by atoms with Crippen LogP contribution < -0.4 is 10.0 Å². The lowest BCUT2D eigenvalue weighted by molar-refractivity contribution is 0.564. The van der Waals surface area contributed by atoms with Crippen molar-refractivity contribution in [2.24, 2.45) is 0 Å². The summed E-state index contributed by atoms with van der Waals surface area (Å²) in [5.41, 5.74) is 1.24. The zero-order valence-electron chi connectivity index (χ0n) is 12.6. The van der Waals surface area contributed by atoms with E-state index in [1.807, 2.05) is 13.3 Å². The van der Waals surface area contributed by atoms with Crippen molar-refractivity contribution in [3.8, 4) is 0 Å². The van der Waals surface area contributed by atoms with E-state index in [2.05, 4.69) is 15.1 Å². The highest BCUT2D eigenvalue weighted by molar-refractivity contribution is 7.98. The van der Waals surface area contributed by atoms with Crippen molar-refractivity contribution >= 4 is 21.8 Å². The van der Waals surface area contributed by atoms with E-state index < -0.39 is 10.0 Å². The average Bonchev–Trinajstić information content (AvgIpc) is 2.67. The van der Waals surface area contributed by atoms with Gasteiger partial charge < -0.3 is 5.32 Å². The zero-order valence-corrected chi connectivity index (χ0v) is 14.2. The van der Waals surface area contributed by atoms with E-state index in [0.29, 0.717) is 29.4 Å². The first-order chi connectivity index (χ1) is 9.44. The molecule has 20 heavy (non-hydrogen) atoms. The monoisotopic (exact) mass is 320 g/mol. The number of nitrogens with one attached hydrogen (secondary N) is 2. The summed E-state index contributed by atoms with van der Waals surface area (Å²) in [6.45, 7) is 5.41. The summed E-state index contributed by atoms with van der Waals surface area (Å²) in [5, 5.41) is 7.34. The fraction of sp³-hybridized carbons (Fsp3) is 0.750. The second-order valence-electron chi connectivity index (χ2n) is 4.57. The summed E-state index contributed by atoms with van der Waals surface area (Å²) in [6.07, 6.45) is 2.83. The Bertz CT molecular complexity index is 526. The van der Waals surface area contributed by atoms with Crippen molar-refractivity contribution in [2.75, 3.05) is 32.1 Å². The Balaban J connectivity index is 2.86. The molecule has 1 rings (SSSR count). The van der Waals surface area contributed by atoms with Crippen molar-refractivity contribution in [3.63, 3.8) is 0 Å². The minimum Gasteiger partial charge on any atom is -0.318 e. The van der Waals surface area contributed by atoms with E-state index in [1.165, 1.54) is 0 Å². The van der Waals surface area contributed by atoms with Crippen LogP contribution in [-0.2, 0) is 16.6 Å². The first-order valence-corrected chi connectivity index (χ1v) is 9.49. The van der Waals surface area contributed by atoms with Gasteiger partial charge in [0.15, 0.2) is 0 Å². The summed E-state index contributed by atoms with van der Waals surface area (Å²) >= 11 is 1.71. The SMILES string of the molecule is CNCCn1nc(C)c(S(=O)(=O)NCCCSC)c1C. The summed E-state index contributed by atoms with van der Waals surface area (Å²) in [6, 6.07) is 0. The van der Waals surface area contributed by atoms with E-state index in [9.17, 15) is 8.42 Å². The van der Waals surface area contributed by atoms with Gasteiger partial charge in [0.25, 0.3) is 0 Å². The first-order valence-electron chi connectivity index (χ1n) is 6.61. The van der Waals surface area contributed by atoms with Crippen LogP contribution >= 0.6 is 11.8 Å². The highest BCUT2D eigenvalue weighted by Gasteiger charge is 2.23. The zero-order chi connectivity index (χ0) is 15.2. The van der Waals surface area contributed by atoms with Crippen LogP contribution in [0.25, 0.3) is 0 Å². The number of likely N-dealkylation sites (N-methyl/N-ethyl adjacent to an activating group) is 1. The molecule has 0 aromatic carbocycles. The topological polar surface area (TPSA) is 76.0 Å². The first kappa shape index (κ1) is 17.5. The normalized spacial score (nSPS) is 12.0. The molecule has 6 nitrogen and oxygen atoms in total. The third-order valence-electron chi connectivity index (χ3n) is 2.97. The van der Waals surface area contributed by atoms with E-state index in [0.717, 1.165) is 18.7 Å². The second-order valence-corrected chi connectivity index (χ2v) is 7.26. The van der Waals surface area contributed by atoms with Crippen LogP contribution in [-0.4, -0.2) is 50.3 Å². The molecule has 0 fully saturated rings. The fourth-order valence-electron chi connectivity index (χ4n) is 2.00. The Labute approximate surface area is 125 Å². The van der Waals surface area contributed by atoms with Crippen LogP contribution in [0.1, 0.15) is 17.8 Å². The Morgan fingerprint density at radius 2 is 2.00 bits per heavy atom. The van der Waals surface area contributed by atoms with Crippen molar-refractivity contribution in [1.82, 2.24) is 19.8 Å². The Morgan fingerprint density at radius 1 is 1.30 bits per heavy atom. The Morgan fingerprint density at radius 3 is 2.60 bits per heavy atom. The number of sulfonamides is 1. The fourth-order valence-corrected chi connectivity index (χ4v) is 3.91. The largest absolute Gasteiger partial charge is 0.318 e. The highest BCUT2D eigenvalue weighted by Crippen LogP contribution is 2.19. The van der Waals surface area contributed by atoms with Crippen LogP contribution in [0.2, 0.25) is 0 Å². The maximum Gasteiger partial charge on any atom is 0.244 e. The minimum atomic E-state index is -3.47. The lowest BCUT2D eigenvalue weighted by atomic mass is 10.4. The van der Waals surface area contributed by atoms with Crippen LogP contribution in [0.3, 0.4) is 0 Å². The number of rotatable bonds is 9. The van der Waals surface area contributed by atoms with Gasteiger partial charge in [0, 0.05) is 13.1 Å². The van der Waals surface area contributed by atoms with Crippen molar-refractivity contribution in [3.05, 3.63) is 11.4 Å². The third-order valence-corrected chi connectivity index (χ3v) is 5.38. The van der Waals surface area contributed by atoms with Gasteiger partial charge in [-0.1, -0.05) is 0 Å². The maximum absolute atomic E-state index is 12.3. The van der Waals surface area contributed by atoms with Gasteiger partial charge in [-0.05, 0) is 39.3 Å². The molecule has 2 N–H and O–H groups in total. The Kier molecular flexibility index (Phi) is 7.01. The molecule has 1 heterocycles. The van der Waals surface area contributed by atoms with E-state index in [1.54, 1.807) is 30.3 Å². The maximum atomic E-state index is 12.3. The molecule has 0 spiro atoms. The van der Waals surface area contributed by atoms with Gasteiger partial charge in [-0.3, -0.25) is 4.68 Å². The highest BCUT2D eigenvalue weighted by atomic mass is 32.2. The molecular formula is C12H24N4O2S2. The lowest BCUT2D eigenvalue weighted by Crippen LogP contribution is -2.26. The smallest absolute Gasteiger partial charge is 0.244 e. The molecule has 0 aliphatic heterocycles. The molecule has 1 aromatic heterocycles. The molecule has 116 valence electrons. The molecule has 0 saturated heterocycles. The molecule has 0 unspecified atom stereocenters. The van der Waals surface area contributed by atoms with E-state index in [-0.39, 0.29) is 0 Å². The standard InChI is InChI=1S/C12H24N4O2S2/c1-10-12(11(2)16(15-10)8-7-13-3)20(17,18)14-6-5-9-19-4/h13-14H,5-9H2,1-4H3. The molecule has 0 amide bonds. The van der Waals surface area contributed by atoms with Crippen LogP contribution in [0, 0.1) is 13.8 Å². The third kappa shape index (κ3) is 4.47. The number of aryl methyl sites for hydroxylation is 1. The summed E-state index contributed by atoms with van der Waals surface area (Å²) in [7, 11) is -1.61. The minimum absolute atomic E-state index is 0.317. The number of hydrogen-bond donors (Lipinski definition) is 2. The molecule has 0 aliphatic rings. The predicted molar refractivity (Wildman–Crippen MR) is 83.8 cm³/mol. The molecule has 0 aliphatic carbocycles. The number of hydrogen-bond acceptors (Lipinski definition) is 5. The van der Waals surface area contributed by atoms with Crippen molar-refractivity contribution < 1.29 is 8.42 Å². The summed E-state index contributed by atoms with van der Waals surface area (Å²) in [5.74, 6) is 0.946. The van der Waals surface area contributed by atoms with Gasteiger partial charge >= 0.3 is 0 Å². The average molecular weight is 320 g/mol. The van der Waals surface area contributed by atoms with Crippen LogP contribution in [0.15, 0.2) is 4.90 Å². The predicted octanol–water partition coefficient (Wildman–Crippen LogP) is 0.751. The summed E-state index contributed by atoms with van der Waals surface area (Å²) in [4.78, 5) is 0.317. The molecule has 0 atom stereocenters. The number of nitrogens with zero attached hydrogens (tertiary/aromatic N) is 2. The number of thioether (sulfide) groups is 1. The number of aromatic nitrogens is 2. The van der Waals surface area contributed by atoms with Gasteiger partial charge in [0.05, 0.1) is 17.9 Å². The van der Waals surface area contributed by atoms with Crippen molar-refractivity contribution in [1.29, 1.82) is 0 Å². The summed E-state index contributed by atoms with van der Waals surface area (Å²) < 4.78 is 29.1.